The van der Waals surface area contributed by atoms with Gasteiger partial charge in [-0.2, -0.15) is 0 Å². The van der Waals surface area contributed by atoms with Crippen LogP contribution in [-0.2, 0) is 13.0 Å². The molecule has 0 aliphatic heterocycles. The van der Waals surface area contributed by atoms with E-state index in [4.69, 9.17) is 0 Å². The first kappa shape index (κ1) is 33.2. The molecule has 1 aromatic rings. The highest BCUT2D eigenvalue weighted by atomic mass is 15.2. The zero-order valence-electron chi connectivity index (χ0n) is 25.5. The van der Waals surface area contributed by atoms with Crippen LogP contribution in [0.15, 0.2) is 12.4 Å². The minimum Gasteiger partial charge on any atom is -0.234 e. The van der Waals surface area contributed by atoms with Crippen LogP contribution in [0.4, 0.5) is 0 Å². The molecule has 0 fully saturated rings. The van der Waals surface area contributed by atoms with Gasteiger partial charge in [0, 0.05) is 6.42 Å². The highest BCUT2D eigenvalue weighted by Gasteiger charge is 2.18. The summed E-state index contributed by atoms with van der Waals surface area (Å²) in [5, 5.41) is 0. The van der Waals surface area contributed by atoms with Crippen LogP contribution in [0.1, 0.15) is 194 Å². The van der Waals surface area contributed by atoms with Crippen molar-refractivity contribution in [3.8, 4) is 0 Å². The van der Waals surface area contributed by atoms with E-state index in [0.717, 1.165) is 0 Å². The van der Waals surface area contributed by atoms with Gasteiger partial charge in [0.2, 0.25) is 0 Å². The van der Waals surface area contributed by atoms with Crippen molar-refractivity contribution in [1.29, 1.82) is 0 Å². The molecule has 1 heterocycles. The maximum Gasteiger partial charge on any atom is 0.256 e. The summed E-state index contributed by atoms with van der Waals surface area (Å²) < 4.78 is 5.10. The molecule has 36 heavy (non-hydrogen) atoms. The first-order chi connectivity index (χ1) is 17.7. The fraction of sp³-hybridized carbons (Fsp3) is 0.912. The monoisotopic (exact) mass is 504 g/mol. The molecule has 1 aromatic heterocycles. The fourth-order valence-electron chi connectivity index (χ4n) is 5.67. The van der Waals surface area contributed by atoms with Crippen molar-refractivity contribution >= 4 is 0 Å². The topological polar surface area (TPSA) is 8.81 Å². The van der Waals surface area contributed by atoms with Gasteiger partial charge in [-0.3, -0.25) is 0 Å². The minimum absolute atomic E-state index is 0.570. The van der Waals surface area contributed by atoms with Crippen LogP contribution in [0.5, 0.6) is 0 Å². The van der Waals surface area contributed by atoms with E-state index < -0.39 is 0 Å². The second-order valence-corrected chi connectivity index (χ2v) is 11.9. The van der Waals surface area contributed by atoms with Gasteiger partial charge in [-0.25, -0.2) is 9.13 Å². The van der Waals surface area contributed by atoms with Crippen molar-refractivity contribution < 1.29 is 4.57 Å². The summed E-state index contributed by atoms with van der Waals surface area (Å²) in [6.07, 6.45) is 40.3. The van der Waals surface area contributed by atoms with Gasteiger partial charge in [-0.15, -0.1) is 0 Å². The molecule has 0 unspecified atom stereocenters. The number of hydrogen-bond donors (Lipinski definition) is 0. The Bertz CT molecular complexity index is 574. The van der Waals surface area contributed by atoms with Gasteiger partial charge in [0.25, 0.3) is 5.82 Å². The summed E-state index contributed by atoms with van der Waals surface area (Å²) >= 11 is 0. The second-order valence-electron chi connectivity index (χ2n) is 11.9. The predicted molar refractivity (Wildman–Crippen MR) is 161 cm³/mol. The molecule has 212 valence electrons. The normalized spacial score (nSPS) is 11.7. The molecule has 0 atom stereocenters. The molecule has 0 bridgehead atoms. The summed E-state index contributed by atoms with van der Waals surface area (Å²) in [4.78, 5) is 0. The molecule has 0 spiro atoms. The number of aromatic nitrogens is 2. The van der Waals surface area contributed by atoms with Gasteiger partial charge < -0.3 is 0 Å². The molecular weight excluding hydrogens is 436 g/mol. The Morgan fingerprint density at radius 2 is 0.889 bits per heavy atom. The third-order valence-corrected chi connectivity index (χ3v) is 8.10. The van der Waals surface area contributed by atoms with E-state index in [9.17, 15) is 0 Å². The largest absolute Gasteiger partial charge is 0.256 e. The van der Waals surface area contributed by atoms with Gasteiger partial charge in [0.05, 0.1) is 12.6 Å². The summed E-state index contributed by atoms with van der Waals surface area (Å²) in [5.74, 6) is 1.57. The van der Waals surface area contributed by atoms with E-state index in [-0.39, 0.29) is 0 Å². The van der Waals surface area contributed by atoms with Crippen molar-refractivity contribution in [2.75, 3.05) is 0 Å². The lowest BCUT2D eigenvalue weighted by Crippen LogP contribution is -2.37. The summed E-state index contributed by atoms with van der Waals surface area (Å²) in [7, 11) is 0. The summed E-state index contributed by atoms with van der Waals surface area (Å²) in [5.41, 5.74) is 0. The zero-order valence-corrected chi connectivity index (χ0v) is 25.5. The highest BCUT2D eigenvalue weighted by Crippen LogP contribution is 2.15. The van der Waals surface area contributed by atoms with E-state index in [1.165, 1.54) is 167 Å². The van der Waals surface area contributed by atoms with Crippen LogP contribution < -0.4 is 4.57 Å². The number of unbranched alkanes of at least 4 members (excludes halogenated alkanes) is 22. The molecular formula is C34H67N2+. The number of rotatable bonds is 27. The van der Waals surface area contributed by atoms with Crippen LogP contribution in [0, 0.1) is 0 Å². The lowest BCUT2D eigenvalue weighted by Gasteiger charge is -2.08. The van der Waals surface area contributed by atoms with Crippen molar-refractivity contribution in [2.45, 2.75) is 201 Å². The van der Waals surface area contributed by atoms with E-state index in [1.54, 1.807) is 5.82 Å². The van der Waals surface area contributed by atoms with E-state index in [1.807, 2.05) is 0 Å². The average Bonchev–Trinajstić information content (AvgIpc) is 3.28. The Labute approximate surface area is 228 Å². The number of hydrogen-bond acceptors (Lipinski definition) is 0. The Hall–Kier alpha value is -0.790. The highest BCUT2D eigenvalue weighted by molar-refractivity contribution is 4.86. The number of nitrogens with zero attached hydrogens (tertiary/aromatic N) is 2. The Kier molecular flexibility index (Phi) is 22.7. The Morgan fingerprint density at radius 3 is 1.28 bits per heavy atom. The van der Waals surface area contributed by atoms with Gasteiger partial charge in [0.1, 0.15) is 12.4 Å². The van der Waals surface area contributed by atoms with Crippen molar-refractivity contribution in [3.63, 3.8) is 0 Å². The van der Waals surface area contributed by atoms with Crippen LogP contribution in [0.2, 0.25) is 0 Å². The molecule has 0 amide bonds. The van der Waals surface area contributed by atoms with Crippen molar-refractivity contribution in [3.05, 3.63) is 18.2 Å². The van der Waals surface area contributed by atoms with Crippen LogP contribution in [0.3, 0.4) is 0 Å². The van der Waals surface area contributed by atoms with Gasteiger partial charge in [-0.1, -0.05) is 149 Å². The van der Waals surface area contributed by atoms with Crippen LogP contribution in [0.25, 0.3) is 0 Å². The quantitative estimate of drug-likeness (QED) is 0.0833. The molecule has 0 aliphatic carbocycles. The maximum absolute atomic E-state index is 2.58. The molecule has 0 saturated carbocycles. The Balaban J connectivity index is 2.09. The molecule has 0 aliphatic rings. The minimum atomic E-state index is 0.570. The molecule has 0 N–H and O–H groups in total. The standard InChI is InChI=1S/C34H67N2/c1-5-7-9-11-13-15-17-18-19-20-22-24-26-28-30-35-31-32-36(33(3)4)34(35)29-27-25-23-21-16-14-12-10-8-6-2/h31-33H,5-30H2,1-4H3/q+1. The first-order valence-corrected chi connectivity index (χ1v) is 16.8. The molecule has 0 radical (unpaired) electrons. The summed E-state index contributed by atoms with van der Waals surface area (Å²) in [6, 6.07) is 0.570. The van der Waals surface area contributed by atoms with E-state index in [2.05, 4.69) is 49.2 Å². The van der Waals surface area contributed by atoms with Crippen molar-refractivity contribution in [2.24, 2.45) is 0 Å². The summed E-state index contributed by atoms with van der Waals surface area (Å²) in [6.45, 7) is 10.5. The third kappa shape index (κ3) is 17.6. The molecule has 2 heteroatoms. The zero-order chi connectivity index (χ0) is 26.1. The lowest BCUT2D eigenvalue weighted by atomic mass is 10.0. The number of imidazole rings is 1. The van der Waals surface area contributed by atoms with Gasteiger partial charge in [0.15, 0.2) is 0 Å². The predicted octanol–water partition coefficient (Wildman–Crippen LogP) is 11.3. The van der Waals surface area contributed by atoms with Crippen molar-refractivity contribution in [1.82, 2.24) is 4.57 Å². The Morgan fingerprint density at radius 1 is 0.528 bits per heavy atom. The van der Waals surface area contributed by atoms with Crippen LogP contribution >= 0.6 is 0 Å². The lowest BCUT2D eigenvalue weighted by molar-refractivity contribution is -0.704. The number of aryl methyl sites for hydroxylation is 1. The fourth-order valence-corrected chi connectivity index (χ4v) is 5.67. The molecule has 0 saturated heterocycles. The molecule has 2 nitrogen and oxygen atoms in total. The third-order valence-electron chi connectivity index (χ3n) is 8.10. The van der Waals surface area contributed by atoms with Crippen LogP contribution in [-0.4, -0.2) is 4.57 Å². The van der Waals surface area contributed by atoms with E-state index >= 15 is 0 Å². The van der Waals surface area contributed by atoms with Gasteiger partial charge >= 0.3 is 0 Å². The van der Waals surface area contributed by atoms with E-state index in [0.29, 0.717) is 6.04 Å². The first-order valence-electron chi connectivity index (χ1n) is 16.8. The van der Waals surface area contributed by atoms with Gasteiger partial charge in [-0.05, 0) is 33.1 Å². The molecule has 1 rings (SSSR count). The molecule has 0 aromatic carbocycles. The smallest absolute Gasteiger partial charge is 0.234 e. The second kappa shape index (κ2) is 24.5. The average molecular weight is 504 g/mol. The SMILES string of the molecule is CCCCCCCCCCCCCCCC[n+]1ccn(C(C)C)c1CCCCCCCCCCCC. The maximum atomic E-state index is 2.58.